The van der Waals surface area contributed by atoms with Crippen molar-refractivity contribution in [3.8, 4) is 11.4 Å². The molecular formula is C19H10Cl2F3N5O3. The van der Waals surface area contributed by atoms with E-state index in [9.17, 15) is 22.8 Å². The molecule has 2 N–H and O–H groups in total. The van der Waals surface area contributed by atoms with E-state index in [4.69, 9.17) is 23.2 Å². The van der Waals surface area contributed by atoms with Gasteiger partial charge in [0.25, 0.3) is 10.9 Å². The monoisotopic (exact) mass is 483 g/mol. The number of benzene rings is 1. The molecule has 0 bridgehead atoms. The minimum atomic E-state index is -4.75. The molecule has 0 amide bonds. The Labute approximate surface area is 186 Å². The molecule has 32 heavy (non-hydrogen) atoms. The zero-order valence-electron chi connectivity index (χ0n) is 15.6. The largest absolute Gasteiger partial charge is 0.471 e. The van der Waals surface area contributed by atoms with Crippen molar-refractivity contribution in [1.82, 2.24) is 15.1 Å². The highest BCUT2D eigenvalue weighted by Gasteiger charge is 2.38. The van der Waals surface area contributed by atoms with Gasteiger partial charge in [-0.3, -0.25) is 14.6 Å². The summed E-state index contributed by atoms with van der Waals surface area (Å²) in [5, 5.41) is 9.39. The fourth-order valence-corrected chi connectivity index (χ4v) is 3.21. The number of hydrogen-bond donors (Lipinski definition) is 2. The number of pyridine rings is 1. The number of para-hydroxylation sites is 1. The maximum Gasteiger partial charge on any atom is 0.471 e. The van der Waals surface area contributed by atoms with Crippen LogP contribution in [-0.4, -0.2) is 15.1 Å². The third kappa shape index (κ3) is 4.16. The first-order chi connectivity index (χ1) is 15.1. The minimum Gasteiger partial charge on any atom is -0.374 e. The predicted octanol–water partition coefficient (Wildman–Crippen LogP) is 4.41. The second kappa shape index (κ2) is 8.24. The average molecular weight is 484 g/mol. The van der Waals surface area contributed by atoms with Crippen LogP contribution in [0.2, 0.25) is 10.0 Å². The molecule has 2 aromatic carbocycles. The molecule has 164 valence electrons. The summed E-state index contributed by atoms with van der Waals surface area (Å²) in [7, 11) is 0. The van der Waals surface area contributed by atoms with Crippen LogP contribution in [0.5, 0.6) is 0 Å². The van der Waals surface area contributed by atoms with Crippen molar-refractivity contribution < 1.29 is 17.7 Å². The normalized spacial score (nSPS) is 11.7. The summed E-state index contributed by atoms with van der Waals surface area (Å²) in [5.41, 5.74) is -0.492. The molecular weight excluding hydrogens is 474 g/mol. The SMILES string of the molecule is O=c1c(NCc2ccc(-c3noc(C(F)(F)F)n3)cn2)c(Nc2c(Cl)cccc2Cl)c1=O. The van der Waals surface area contributed by atoms with Crippen molar-refractivity contribution in [2.75, 3.05) is 10.6 Å². The van der Waals surface area contributed by atoms with Crippen LogP contribution >= 0.6 is 23.2 Å². The van der Waals surface area contributed by atoms with Crippen LogP contribution in [0.3, 0.4) is 0 Å². The molecule has 0 aliphatic heterocycles. The number of rotatable bonds is 6. The quantitative estimate of drug-likeness (QED) is 0.388. The van der Waals surface area contributed by atoms with Crippen molar-refractivity contribution in [1.29, 1.82) is 0 Å². The van der Waals surface area contributed by atoms with Gasteiger partial charge in [-0.05, 0) is 24.3 Å². The minimum absolute atomic E-state index is 0.00750. The van der Waals surface area contributed by atoms with Gasteiger partial charge in [0, 0.05) is 11.8 Å². The Balaban J connectivity index is 1.47. The molecule has 0 aliphatic carbocycles. The number of alkyl halides is 3. The molecule has 0 atom stereocenters. The van der Waals surface area contributed by atoms with Crippen LogP contribution < -0.4 is 21.5 Å². The first-order valence-corrected chi connectivity index (χ1v) is 9.55. The summed E-state index contributed by atoms with van der Waals surface area (Å²) in [6.07, 6.45) is -3.49. The van der Waals surface area contributed by atoms with Crippen LogP contribution in [0.1, 0.15) is 11.6 Å². The Kier molecular flexibility index (Phi) is 5.61. The topological polar surface area (TPSA) is 110 Å². The van der Waals surface area contributed by atoms with Gasteiger partial charge in [0.2, 0.25) is 5.82 Å². The van der Waals surface area contributed by atoms with E-state index in [-0.39, 0.29) is 45.0 Å². The number of anilines is 3. The first kappa shape index (κ1) is 21.8. The van der Waals surface area contributed by atoms with Crippen molar-refractivity contribution >= 4 is 40.3 Å². The van der Waals surface area contributed by atoms with Crippen LogP contribution in [0.25, 0.3) is 11.4 Å². The lowest BCUT2D eigenvalue weighted by atomic mass is 10.1. The average Bonchev–Trinajstić information content (AvgIpc) is 3.26. The van der Waals surface area contributed by atoms with Gasteiger partial charge in [-0.2, -0.15) is 18.2 Å². The Hall–Kier alpha value is -3.44. The molecule has 2 heterocycles. The summed E-state index contributed by atoms with van der Waals surface area (Å²) in [5.74, 6) is -1.73. The Morgan fingerprint density at radius 1 is 0.969 bits per heavy atom. The molecule has 0 fully saturated rings. The number of halogens is 5. The molecule has 8 nitrogen and oxygen atoms in total. The fraction of sp³-hybridized carbons (Fsp3) is 0.105. The van der Waals surface area contributed by atoms with Crippen molar-refractivity contribution in [3.63, 3.8) is 0 Å². The van der Waals surface area contributed by atoms with Crippen molar-refractivity contribution in [2.24, 2.45) is 0 Å². The standard InChI is InChI=1S/C19H10Cl2F3N5O3/c20-10-2-1-3-11(21)12(10)27-14-13(15(30)16(14)31)26-7-9-5-4-8(6-25-9)17-28-18(32-29-17)19(22,23)24/h1-6,26-27H,7H2. The Bertz CT molecular complexity index is 1340. The summed E-state index contributed by atoms with van der Waals surface area (Å²) >= 11 is 12.2. The molecule has 0 spiro atoms. The van der Waals surface area contributed by atoms with Gasteiger partial charge < -0.3 is 15.2 Å². The third-order valence-corrected chi connectivity index (χ3v) is 4.95. The van der Waals surface area contributed by atoms with E-state index < -0.39 is 22.9 Å². The number of aromatic nitrogens is 3. The maximum atomic E-state index is 12.6. The van der Waals surface area contributed by atoms with Crippen LogP contribution in [0, 0.1) is 0 Å². The summed E-state index contributed by atoms with van der Waals surface area (Å²) in [6, 6.07) is 7.71. The van der Waals surface area contributed by atoms with E-state index in [1.54, 1.807) is 18.2 Å². The van der Waals surface area contributed by atoms with Gasteiger partial charge in [-0.25, -0.2) is 0 Å². The fourth-order valence-electron chi connectivity index (χ4n) is 2.72. The molecule has 4 aromatic rings. The van der Waals surface area contributed by atoms with Crippen LogP contribution in [0.15, 0.2) is 50.6 Å². The van der Waals surface area contributed by atoms with Gasteiger partial charge in [0.05, 0.1) is 28.0 Å². The lowest BCUT2D eigenvalue weighted by Gasteiger charge is -2.16. The van der Waals surface area contributed by atoms with Gasteiger partial charge in [-0.15, -0.1) is 0 Å². The number of hydrogen-bond acceptors (Lipinski definition) is 8. The summed E-state index contributed by atoms with van der Waals surface area (Å²) in [4.78, 5) is 31.3. The Morgan fingerprint density at radius 3 is 2.25 bits per heavy atom. The highest BCUT2D eigenvalue weighted by atomic mass is 35.5. The maximum absolute atomic E-state index is 12.6. The van der Waals surface area contributed by atoms with Gasteiger partial charge in [0.15, 0.2) is 0 Å². The van der Waals surface area contributed by atoms with Crippen molar-refractivity contribution in [2.45, 2.75) is 12.7 Å². The molecule has 0 saturated carbocycles. The lowest BCUT2D eigenvalue weighted by molar-refractivity contribution is -0.159. The molecule has 4 rings (SSSR count). The van der Waals surface area contributed by atoms with E-state index in [2.05, 4.69) is 30.3 Å². The molecule has 0 radical (unpaired) electrons. The zero-order chi connectivity index (χ0) is 23.0. The van der Waals surface area contributed by atoms with E-state index in [1.165, 1.54) is 18.3 Å². The molecule has 0 saturated heterocycles. The van der Waals surface area contributed by atoms with Gasteiger partial charge >= 0.3 is 12.1 Å². The zero-order valence-corrected chi connectivity index (χ0v) is 17.1. The predicted molar refractivity (Wildman–Crippen MR) is 111 cm³/mol. The number of nitrogens with one attached hydrogen (secondary N) is 2. The Morgan fingerprint density at radius 2 is 1.66 bits per heavy atom. The molecule has 2 aromatic heterocycles. The molecule has 0 unspecified atom stereocenters. The van der Waals surface area contributed by atoms with Gasteiger partial charge in [-0.1, -0.05) is 34.4 Å². The van der Waals surface area contributed by atoms with E-state index >= 15 is 0 Å². The van der Waals surface area contributed by atoms with E-state index in [1.807, 2.05) is 0 Å². The van der Waals surface area contributed by atoms with E-state index in [0.717, 1.165) is 0 Å². The third-order valence-electron chi connectivity index (χ3n) is 4.32. The summed E-state index contributed by atoms with van der Waals surface area (Å²) in [6.45, 7) is 0.0517. The van der Waals surface area contributed by atoms with Gasteiger partial charge in [0.1, 0.15) is 11.4 Å². The second-order valence-electron chi connectivity index (χ2n) is 6.44. The molecule has 0 aliphatic rings. The second-order valence-corrected chi connectivity index (χ2v) is 7.26. The first-order valence-electron chi connectivity index (χ1n) is 8.79. The highest BCUT2D eigenvalue weighted by molar-refractivity contribution is 6.39. The van der Waals surface area contributed by atoms with Crippen LogP contribution in [-0.2, 0) is 12.7 Å². The van der Waals surface area contributed by atoms with Crippen LogP contribution in [0.4, 0.5) is 30.2 Å². The highest BCUT2D eigenvalue weighted by Crippen LogP contribution is 2.33. The number of nitrogens with zero attached hydrogens (tertiary/aromatic N) is 3. The summed E-state index contributed by atoms with van der Waals surface area (Å²) < 4.78 is 41.9. The molecule has 13 heteroatoms. The van der Waals surface area contributed by atoms with Crippen molar-refractivity contribution in [3.05, 3.63) is 78.6 Å². The van der Waals surface area contributed by atoms with E-state index in [0.29, 0.717) is 5.69 Å². The smallest absolute Gasteiger partial charge is 0.374 e. The lowest BCUT2D eigenvalue weighted by Crippen LogP contribution is -2.36.